The number of aliphatic hydroxyl groups is 1. The average Bonchev–Trinajstić information content (AvgIpc) is 3.12. The van der Waals surface area contributed by atoms with E-state index in [2.05, 4.69) is 9.88 Å². The lowest BCUT2D eigenvalue weighted by Gasteiger charge is -2.38. The zero-order valence-electron chi connectivity index (χ0n) is 17.3. The van der Waals surface area contributed by atoms with Crippen molar-refractivity contribution in [3.63, 3.8) is 0 Å². The molecule has 3 N–H and O–H groups in total. The molecule has 1 saturated heterocycles. The maximum absolute atomic E-state index is 11.7. The lowest BCUT2D eigenvalue weighted by molar-refractivity contribution is 0.00117. The fourth-order valence-corrected chi connectivity index (χ4v) is 4.30. The number of hydrogen-bond acceptors (Lipinski definition) is 5. The number of nitrogens with one attached hydrogen (secondary N) is 1. The minimum Gasteiger partial charge on any atom is -0.494 e. The molecule has 0 amide bonds. The van der Waals surface area contributed by atoms with Gasteiger partial charge in [0, 0.05) is 54.2 Å². The first-order chi connectivity index (χ1) is 15.0. The largest absolute Gasteiger partial charge is 0.494 e. The predicted molar refractivity (Wildman–Crippen MR) is 121 cm³/mol. The Morgan fingerprint density at radius 2 is 1.87 bits per heavy atom. The van der Waals surface area contributed by atoms with E-state index in [0.717, 1.165) is 29.9 Å². The van der Waals surface area contributed by atoms with Crippen LogP contribution in [0.15, 0.2) is 42.5 Å². The molecule has 0 bridgehead atoms. The van der Waals surface area contributed by atoms with Crippen LogP contribution >= 0.6 is 11.6 Å². The minimum absolute atomic E-state index is 0.101. The Kier molecular flexibility index (Phi) is 6.36. The lowest BCUT2D eigenvalue weighted by Crippen LogP contribution is -2.51. The van der Waals surface area contributed by atoms with Gasteiger partial charge >= 0.3 is 5.97 Å². The number of aromatic amines is 1. The third-order valence-electron chi connectivity index (χ3n) is 5.72. The second kappa shape index (κ2) is 9.18. The van der Waals surface area contributed by atoms with Crippen molar-refractivity contribution in [1.29, 1.82) is 0 Å². The molecular formula is C23H26ClN3O4. The Morgan fingerprint density at radius 1 is 1.16 bits per heavy atom. The predicted octanol–water partition coefficient (Wildman–Crippen LogP) is 3.60. The first kappa shape index (κ1) is 21.5. The van der Waals surface area contributed by atoms with Crippen LogP contribution in [0.1, 0.15) is 23.0 Å². The Hall–Kier alpha value is -2.74. The highest BCUT2D eigenvalue weighted by Crippen LogP contribution is 2.28. The highest BCUT2D eigenvalue weighted by molar-refractivity contribution is 6.31. The Balaban J connectivity index is 1.43. The standard InChI is InChI=1S/C23H26ClN3O4/c1-2-31-17-6-4-16(5-7-17)26-9-11-27(12-10-26)21(28)14-19-18-13-15(24)3-8-20(18)25-22(19)23(29)30/h3-8,13,21,25,28H,2,9-12,14H2,1H3,(H,29,30). The first-order valence-electron chi connectivity index (χ1n) is 10.4. The van der Waals surface area contributed by atoms with Crippen LogP contribution in [-0.4, -0.2) is 65.1 Å². The summed E-state index contributed by atoms with van der Waals surface area (Å²) in [5.41, 5.74) is 2.50. The van der Waals surface area contributed by atoms with Crippen molar-refractivity contribution < 1.29 is 19.7 Å². The van der Waals surface area contributed by atoms with E-state index >= 15 is 0 Å². The number of carbonyl (C=O) groups is 1. The smallest absolute Gasteiger partial charge is 0.352 e. The maximum Gasteiger partial charge on any atom is 0.352 e. The second-order valence-corrected chi connectivity index (χ2v) is 8.04. The number of fused-ring (bicyclic) bond motifs is 1. The van der Waals surface area contributed by atoms with Crippen LogP contribution < -0.4 is 9.64 Å². The molecule has 2 aromatic carbocycles. The SMILES string of the molecule is CCOc1ccc(N2CCN(C(O)Cc3c(C(=O)O)[nH]c4ccc(Cl)cc34)CC2)cc1. The van der Waals surface area contributed by atoms with Crippen molar-refractivity contribution in [2.45, 2.75) is 19.6 Å². The summed E-state index contributed by atoms with van der Waals surface area (Å²) in [6.07, 6.45) is -0.566. The molecule has 4 rings (SSSR count). The van der Waals surface area contributed by atoms with Gasteiger partial charge in [-0.15, -0.1) is 0 Å². The van der Waals surface area contributed by atoms with E-state index in [1.165, 1.54) is 0 Å². The first-order valence-corrected chi connectivity index (χ1v) is 10.8. The van der Waals surface area contributed by atoms with Gasteiger partial charge in [0.25, 0.3) is 0 Å². The van der Waals surface area contributed by atoms with Gasteiger partial charge in [-0.2, -0.15) is 0 Å². The quantitative estimate of drug-likeness (QED) is 0.517. The summed E-state index contributed by atoms with van der Waals surface area (Å²) in [6, 6.07) is 13.2. The Labute approximate surface area is 185 Å². The zero-order chi connectivity index (χ0) is 22.0. The summed E-state index contributed by atoms with van der Waals surface area (Å²) in [5.74, 6) is -0.191. The number of aromatic nitrogens is 1. The van der Waals surface area contributed by atoms with Gasteiger partial charge in [0.15, 0.2) is 0 Å². The molecule has 0 spiro atoms. The van der Waals surface area contributed by atoms with E-state index in [1.54, 1.807) is 18.2 Å². The number of hydrogen-bond donors (Lipinski definition) is 3. The third kappa shape index (κ3) is 4.63. The normalized spacial score (nSPS) is 15.9. The molecule has 0 radical (unpaired) electrons. The van der Waals surface area contributed by atoms with Gasteiger partial charge in [-0.3, -0.25) is 4.90 Å². The van der Waals surface area contributed by atoms with E-state index in [9.17, 15) is 15.0 Å². The molecule has 1 aliphatic heterocycles. The molecule has 1 aromatic heterocycles. The van der Waals surface area contributed by atoms with Gasteiger partial charge in [-0.1, -0.05) is 11.6 Å². The highest BCUT2D eigenvalue weighted by atomic mass is 35.5. The summed E-state index contributed by atoms with van der Waals surface area (Å²) in [5, 5.41) is 21.7. The fraction of sp³-hybridized carbons (Fsp3) is 0.348. The second-order valence-electron chi connectivity index (χ2n) is 7.61. The monoisotopic (exact) mass is 443 g/mol. The van der Waals surface area contributed by atoms with Crippen LogP contribution in [0, 0.1) is 0 Å². The van der Waals surface area contributed by atoms with E-state index in [1.807, 2.05) is 36.1 Å². The molecule has 164 valence electrons. The van der Waals surface area contributed by atoms with Crippen LogP contribution in [0.5, 0.6) is 5.75 Å². The minimum atomic E-state index is -1.05. The molecule has 1 fully saturated rings. The van der Waals surface area contributed by atoms with Crippen LogP contribution in [0.2, 0.25) is 5.02 Å². The lowest BCUT2D eigenvalue weighted by atomic mass is 10.1. The number of nitrogens with zero attached hydrogens (tertiary/aromatic N) is 2. The van der Waals surface area contributed by atoms with Crippen molar-refractivity contribution in [3.05, 3.63) is 58.7 Å². The number of aliphatic hydroxyl groups excluding tert-OH is 1. The Bertz CT molecular complexity index is 1060. The Morgan fingerprint density at radius 3 is 2.52 bits per heavy atom. The van der Waals surface area contributed by atoms with E-state index in [4.69, 9.17) is 16.3 Å². The molecule has 0 saturated carbocycles. The van der Waals surface area contributed by atoms with Crippen molar-refractivity contribution in [3.8, 4) is 5.75 Å². The third-order valence-corrected chi connectivity index (χ3v) is 5.95. The summed E-state index contributed by atoms with van der Waals surface area (Å²) in [4.78, 5) is 18.9. The number of halogens is 1. The van der Waals surface area contributed by atoms with Crippen LogP contribution in [0.25, 0.3) is 10.9 Å². The topological polar surface area (TPSA) is 89.0 Å². The van der Waals surface area contributed by atoms with Crippen LogP contribution in [0.3, 0.4) is 0 Å². The molecule has 1 aliphatic rings. The van der Waals surface area contributed by atoms with Crippen molar-refractivity contribution in [2.75, 3.05) is 37.7 Å². The number of carboxylic acid groups (broad SMARTS) is 1. The molecule has 7 nitrogen and oxygen atoms in total. The summed E-state index contributed by atoms with van der Waals surface area (Å²) >= 11 is 6.12. The molecule has 1 unspecified atom stereocenters. The molecular weight excluding hydrogens is 418 g/mol. The molecule has 31 heavy (non-hydrogen) atoms. The number of ether oxygens (including phenoxy) is 1. The van der Waals surface area contributed by atoms with Crippen molar-refractivity contribution in [2.24, 2.45) is 0 Å². The van der Waals surface area contributed by atoms with Gasteiger partial charge in [0.2, 0.25) is 0 Å². The van der Waals surface area contributed by atoms with E-state index in [0.29, 0.717) is 35.8 Å². The van der Waals surface area contributed by atoms with Gasteiger partial charge in [-0.05, 0) is 55.0 Å². The summed E-state index contributed by atoms with van der Waals surface area (Å²) in [6.45, 7) is 5.51. The summed E-state index contributed by atoms with van der Waals surface area (Å²) in [7, 11) is 0. The highest BCUT2D eigenvalue weighted by Gasteiger charge is 2.26. The molecule has 1 atom stereocenters. The maximum atomic E-state index is 11.7. The molecule has 8 heteroatoms. The number of carboxylic acids is 1. The number of benzene rings is 2. The van der Waals surface area contributed by atoms with E-state index < -0.39 is 12.2 Å². The zero-order valence-corrected chi connectivity index (χ0v) is 18.1. The molecule has 3 aromatic rings. The van der Waals surface area contributed by atoms with Gasteiger partial charge in [-0.25, -0.2) is 4.79 Å². The van der Waals surface area contributed by atoms with Crippen molar-refractivity contribution >= 4 is 34.2 Å². The summed E-state index contributed by atoms with van der Waals surface area (Å²) < 4.78 is 5.50. The van der Waals surface area contributed by atoms with Crippen molar-refractivity contribution in [1.82, 2.24) is 9.88 Å². The van der Waals surface area contributed by atoms with Crippen LogP contribution in [-0.2, 0) is 6.42 Å². The number of piperazine rings is 1. The number of anilines is 1. The fourth-order valence-electron chi connectivity index (χ4n) is 4.12. The molecule has 2 heterocycles. The van der Waals surface area contributed by atoms with Gasteiger partial charge in [0.1, 0.15) is 17.7 Å². The van der Waals surface area contributed by atoms with Gasteiger partial charge < -0.3 is 24.8 Å². The number of rotatable bonds is 7. The average molecular weight is 444 g/mol. The number of H-pyrrole nitrogens is 1. The van der Waals surface area contributed by atoms with Gasteiger partial charge in [0.05, 0.1) is 6.61 Å². The van der Waals surface area contributed by atoms with E-state index in [-0.39, 0.29) is 12.1 Å². The number of aromatic carboxylic acids is 1. The molecule has 0 aliphatic carbocycles. The van der Waals surface area contributed by atoms with Crippen LogP contribution in [0.4, 0.5) is 5.69 Å².